The molecule has 1 unspecified atom stereocenters. The highest BCUT2D eigenvalue weighted by Gasteiger charge is 2.25. The van der Waals surface area contributed by atoms with E-state index >= 15 is 0 Å². The maximum Gasteiger partial charge on any atom is 0.410 e. The molecule has 0 aliphatic carbocycles. The van der Waals surface area contributed by atoms with Gasteiger partial charge in [0.05, 0.1) is 0 Å². The van der Waals surface area contributed by atoms with Gasteiger partial charge in [-0.05, 0) is 86.4 Å². The zero-order chi connectivity index (χ0) is 19.0. The number of carbonyl (C=O) groups excluding carboxylic acids is 1. The van der Waals surface area contributed by atoms with Crippen molar-refractivity contribution >= 4 is 6.09 Å². The summed E-state index contributed by atoms with van der Waals surface area (Å²) in [6.07, 6.45) is 3.57. The molecule has 0 aromatic rings. The van der Waals surface area contributed by atoms with E-state index in [4.69, 9.17) is 4.74 Å². The summed E-state index contributed by atoms with van der Waals surface area (Å²) in [6, 6.07) is 0.640. The third kappa shape index (κ3) is 8.41. The minimum Gasteiger partial charge on any atom is -0.444 e. The van der Waals surface area contributed by atoms with Gasteiger partial charge in [-0.2, -0.15) is 0 Å². The van der Waals surface area contributed by atoms with E-state index in [1.165, 1.54) is 38.9 Å². The van der Waals surface area contributed by atoms with Gasteiger partial charge in [0.1, 0.15) is 5.60 Å². The van der Waals surface area contributed by atoms with Crippen molar-refractivity contribution in [3.63, 3.8) is 0 Å². The lowest BCUT2D eigenvalue weighted by molar-refractivity contribution is 0.0190. The first kappa shape index (κ1) is 22.2. The van der Waals surface area contributed by atoms with Gasteiger partial charge in [-0.3, -0.25) is 0 Å². The van der Waals surface area contributed by atoms with Crippen LogP contribution in [-0.4, -0.2) is 66.3 Å². The Labute approximate surface area is 155 Å². The first-order valence-electron chi connectivity index (χ1n) is 10.1. The Morgan fingerprint density at radius 1 is 1.24 bits per heavy atom. The maximum absolute atomic E-state index is 12.3. The molecule has 5 nitrogen and oxygen atoms in total. The van der Waals surface area contributed by atoms with Crippen LogP contribution < -0.4 is 5.32 Å². The predicted octanol–water partition coefficient (Wildman–Crippen LogP) is 3.73. The van der Waals surface area contributed by atoms with Gasteiger partial charge in [0, 0.05) is 25.2 Å². The van der Waals surface area contributed by atoms with Crippen LogP contribution in [0.25, 0.3) is 0 Å². The van der Waals surface area contributed by atoms with Crippen LogP contribution in [0.5, 0.6) is 0 Å². The summed E-state index contributed by atoms with van der Waals surface area (Å²) in [4.78, 5) is 16.7. The van der Waals surface area contributed by atoms with Crippen LogP contribution in [0.4, 0.5) is 4.79 Å². The number of amides is 1. The van der Waals surface area contributed by atoms with Crippen molar-refractivity contribution < 1.29 is 9.53 Å². The molecule has 1 heterocycles. The summed E-state index contributed by atoms with van der Waals surface area (Å²) in [6.45, 7) is 19.5. The van der Waals surface area contributed by atoms with Crippen molar-refractivity contribution in [2.45, 2.75) is 85.4 Å². The normalized spacial score (nSPS) is 18.4. The molecule has 0 bridgehead atoms. The molecule has 0 saturated carbocycles. The lowest BCUT2D eigenvalue weighted by atomic mass is 9.90. The number of likely N-dealkylation sites (tertiary alicyclic amines) is 1. The summed E-state index contributed by atoms with van der Waals surface area (Å²) in [7, 11) is 0. The molecule has 5 heteroatoms. The van der Waals surface area contributed by atoms with Crippen LogP contribution in [0.2, 0.25) is 0 Å². The molecule has 1 N–H and O–H groups in total. The third-order valence-electron chi connectivity index (χ3n) is 4.95. The second-order valence-electron chi connectivity index (χ2n) is 8.69. The lowest BCUT2D eigenvalue weighted by Crippen LogP contribution is -2.47. The zero-order valence-corrected chi connectivity index (χ0v) is 17.6. The monoisotopic (exact) mass is 355 g/mol. The maximum atomic E-state index is 12.3. The van der Waals surface area contributed by atoms with E-state index in [-0.39, 0.29) is 12.1 Å². The van der Waals surface area contributed by atoms with Gasteiger partial charge in [0.15, 0.2) is 0 Å². The molecule has 1 aliphatic rings. The fraction of sp³-hybridized carbons (Fsp3) is 0.950. The summed E-state index contributed by atoms with van der Waals surface area (Å²) in [5.74, 6) is 0.738. The van der Waals surface area contributed by atoms with Crippen LogP contribution in [0.3, 0.4) is 0 Å². The highest BCUT2D eigenvalue weighted by molar-refractivity contribution is 5.68. The molecule has 1 fully saturated rings. The number of rotatable bonds is 8. The van der Waals surface area contributed by atoms with Gasteiger partial charge in [0.2, 0.25) is 0 Å². The van der Waals surface area contributed by atoms with Crippen molar-refractivity contribution in [1.82, 2.24) is 15.1 Å². The molecule has 1 rings (SSSR count). The number of carbonyl (C=O) groups is 1. The first-order chi connectivity index (χ1) is 11.6. The Morgan fingerprint density at radius 3 is 2.32 bits per heavy atom. The smallest absolute Gasteiger partial charge is 0.410 e. The largest absolute Gasteiger partial charge is 0.444 e. The van der Waals surface area contributed by atoms with E-state index in [1.54, 1.807) is 0 Å². The second-order valence-corrected chi connectivity index (χ2v) is 8.69. The first-order valence-corrected chi connectivity index (χ1v) is 10.1. The summed E-state index contributed by atoms with van der Waals surface area (Å²) < 4.78 is 5.52. The van der Waals surface area contributed by atoms with Gasteiger partial charge in [-0.15, -0.1) is 0 Å². The average molecular weight is 356 g/mol. The van der Waals surface area contributed by atoms with E-state index < -0.39 is 5.60 Å². The quantitative estimate of drug-likeness (QED) is 0.720. The average Bonchev–Trinajstić information content (AvgIpc) is 2.50. The number of hydrogen-bond donors (Lipinski definition) is 1. The molecule has 1 atom stereocenters. The molecule has 1 saturated heterocycles. The van der Waals surface area contributed by atoms with Gasteiger partial charge < -0.3 is 19.9 Å². The molecule has 1 aliphatic heterocycles. The van der Waals surface area contributed by atoms with Gasteiger partial charge in [-0.1, -0.05) is 6.92 Å². The number of hydrogen-bond acceptors (Lipinski definition) is 4. The predicted molar refractivity (Wildman–Crippen MR) is 105 cm³/mol. The summed E-state index contributed by atoms with van der Waals surface area (Å²) >= 11 is 0. The number of nitrogens with zero attached hydrogens (tertiary/aromatic N) is 2. The minimum absolute atomic E-state index is 0.143. The second kappa shape index (κ2) is 10.4. The Bertz CT molecular complexity index is 385. The van der Waals surface area contributed by atoms with Crippen molar-refractivity contribution in [3.8, 4) is 0 Å². The lowest BCUT2D eigenvalue weighted by Gasteiger charge is -2.35. The van der Waals surface area contributed by atoms with Crippen molar-refractivity contribution in [3.05, 3.63) is 0 Å². The van der Waals surface area contributed by atoms with E-state index in [2.05, 4.69) is 24.1 Å². The van der Waals surface area contributed by atoms with Gasteiger partial charge >= 0.3 is 6.09 Å². The van der Waals surface area contributed by atoms with Gasteiger partial charge in [-0.25, -0.2) is 4.79 Å². The Morgan fingerprint density at radius 2 is 1.84 bits per heavy atom. The van der Waals surface area contributed by atoms with Crippen LogP contribution in [-0.2, 0) is 4.74 Å². The molecular formula is C20H41N3O2. The van der Waals surface area contributed by atoms with Crippen molar-refractivity contribution in [1.29, 1.82) is 0 Å². The fourth-order valence-corrected chi connectivity index (χ4v) is 3.45. The Balaban J connectivity index is 2.37. The van der Waals surface area contributed by atoms with E-state index in [0.29, 0.717) is 12.6 Å². The topological polar surface area (TPSA) is 44.8 Å². The molecule has 0 aromatic carbocycles. The number of ether oxygens (including phenoxy) is 1. The van der Waals surface area contributed by atoms with Crippen LogP contribution in [0, 0.1) is 5.92 Å². The highest BCUT2D eigenvalue weighted by Crippen LogP contribution is 2.20. The number of piperidine rings is 1. The molecular weight excluding hydrogens is 314 g/mol. The molecule has 148 valence electrons. The highest BCUT2D eigenvalue weighted by atomic mass is 16.6. The Hall–Kier alpha value is -0.810. The van der Waals surface area contributed by atoms with Gasteiger partial charge in [0.25, 0.3) is 0 Å². The Kier molecular flexibility index (Phi) is 9.22. The fourth-order valence-electron chi connectivity index (χ4n) is 3.45. The van der Waals surface area contributed by atoms with Crippen molar-refractivity contribution in [2.75, 3.05) is 32.7 Å². The molecule has 0 spiro atoms. The van der Waals surface area contributed by atoms with Crippen LogP contribution in [0.1, 0.15) is 67.7 Å². The van der Waals surface area contributed by atoms with E-state index in [9.17, 15) is 4.79 Å². The molecule has 25 heavy (non-hydrogen) atoms. The third-order valence-corrected chi connectivity index (χ3v) is 4.95. The minimum atomic E-state index is -0.447. The van der Waals surface area contributed by atoms with Crippen LogP contribution in [0.15, 0.2) is 0 Å². The van der Waals surface area contributed by atoms with Crippen molar-refractivity contribution in [2.24, 2.45) is 5.92 Å². The van der Waals surface area contributed by atoms with E-state index in [1.807, 2.05) is 39.5 Å². The molecule has 0 aromatic heterocycles. The standard InChI is InChI=1S/C20H41N3O2/c1-8-12-22-13-9-18(10-14-22)17(4)21-11-15-23(16(2)3)19(24)25-20(5,6)7/h16-18,21H,8-15H2,1-7H3. The number of nitrogens with one attached hydrogen (secondary N) is 1. The zero-order valence-electron chi connectivity index (χ0n) is 17.6. The SMILES string of the molecule is CCCN1CCC(C(C)NCCN(C(=O)OC(C)(C)C)C(C)C)CC1. The van der Waals surface area contributed by atoms with Crippen LogP contribution >= 0.6 is 0 Å². The van der Waals surface area contributed by atoms with E-state index in [0.717, 1.165) is 12.5 Å². The summed E-state index contributed by atoms with van der Waals surface area (Å²) in [5, 5.41) is 3.63. The summed E-state index contributed by atoms with van der Waals surface area (Å²) in [5.41, 5.74) is -0.447. The molecule has 1 amide bonds. The molecule has 0 radical (unpaired) electrons.